The number of esters is 1. The quantitative estimate of drug-likeness (QED) is 0.509. The number of aromatic nitrogens is 1. The van der Waals surface area contributed by atoms with Crippen LogP contribution in [0.1, 0.15) is 5.56 Å². The van der Waals surface area contributed by atoms with Gasteiger partial charge in [0.2, 0.25) is 0 Å². The zero-order chi connectivity index (χ0) is 9.52. The summed E-state index contributed by atoms with van der Waals surface area (Å²) in [5, 5.41) is 2.99. The fourth-order valence-corrected chi connectivity index (χ4v) is 1.01. The summed E-state index contributed by atoms with van der Waals surface area (Å²) >= 11 is 0. The molecule has 72 valence electrons. The molecule has 0 saturated carbocycles. The third-order valence-electron chi connectivity index (χ3n) is 1.75. The first-order valence-electron chi connectivity index (χ1n) is 4.22. The summed E-state index contributed by atoms with van der Waals surface area (Å²) in [5.41, 5.74) is 1.23. The molecule has 2 N–H and O–H groups in total. The maximum Gasteiger partial charge on any atom is 0.319 e. The van der Waals surface area contributed by atoms with E-state index in [1.54, 1.807) is 0 Å². The molecule has 1 aromatic heterocycles. The third kappa shape index (κ3) is 3.75. The van der Waals surface area contributed by atoms with E-state index in [2.05, 4.69) is 15.0 Å². The number of hydrogen-bond donors (Lipinski definition) is 2. The lowest BCUT2D eigenvalue weighted by molar-refractivity contribution is -0.139. The van der Waals surface area contributed by atoms with Gasteiger partial charge in [0, 0.05) is 12.4 Å². The van der Waals surface area contributed by atoms with Gasteiger partial charge in [-0.1, -0.05) is 0 Å². The molecule has 0 spiro atoms. The maximum absolute atomic E-state index is 10.7. The smallest absolute Gasteiger partial charge is 0.319 e. The van der Waals surface area contributed by atoms with Gasteiger partial charge in [-0.15, -0.1) is 0 Å². The van der Waals surface area contributed by atoms with Crippen LogP contribution in [0.25, 0.3) is 0 Å². The van der Waals surface area contributed by atoms with Gasteiger partial charge in [0.05, 0.1) is 13.7 Å². The van der Waals surface area contributed by atoms with Gasteiger partial charge in [0.15, 0.2) is 0 Å². The molecular weight excluding hydrogens is 168 g/mol. The molecule has 0 aliphatic carbocycles. The Morgan fingerprint density at radius 3 is 3.15 bits per heavy atom. The molecule has 1 rings (SSSR count). The molecule has 0 radical (unpaired) electrons. The van der Waals surface area contributed by atoms with Gasteiger partial charge in [0.1, 0.15) is 0 Å². The Morgan fingerprint density at radius 2 is 2.54 bits per heavy atom. The van der Waals surface area contributed by atoms with Crippen LogP contribution in [0.3, 0.4) is 0 Å². The van der Waals surface area contributed by atoms with Crippen molar-refractivity contribution in [1.82, 2.24) is 10.3 Å². The average molecular weight is 182 g/mol. The molecule has 13 heavy (non-hydrogen) atoms. The molecule has 0 aliphatic heterocycles. The Bertz CT molecular complexity index is 244. The fourth-order valence-electron chi connectivity index (χ4n) is 1.01. The molecule has 0 amide bonds. The summed E-state index contributed by atoms with van der Waals surface area (Å²) < 4.78 is 4.48. The van der Waals surface area contributed by atoms with E-state index in [1.807, 2.05) is 18.5 Å². The predicted molar refractivity (Wildman–Crippen MR) is 49.4 cm³/mol. The Labute approximate surface area is 77.3 Å². The molecule has 0 saturated heterocycles. The largest absolute Gasteiger partial charge is 0.468 e. The second-order valence-corrected chi connectivity index (χ2v) is 2.72. The topological polar surface area (TPSA) is 54.1 Å². The van der Waals surface area contributed by atoms with E-state index >= 15 is 0 Å². The number of rotatable bonds is 5. The molecule has 0 unspecified atom stereocenters. The molecule has 0 bridgehead atoms. The molecular formula is C9H14N2O2. The van der Waals surface area contributed by atoms with E-state index < -0.39 is 0 Å². The number of ether oxygens (including phenoxy) is 1. The number of carbonyl (C=O) groups is 1. The van der Waals surface area contributed by atoms with Gasteiger partial charge < -0.3 is 15.0 Å². The first-order chi connectivity index (χ1) is 6.33. The average Bonchev–Trinajstić information content (AvgIpc) is 2.64. The maximum atomic E-state index is 10.7. The number of carbonyl (C=O) groups excluding carboxylic acids is 1. The Morgan fingerprint density at radius 1 is 1.69 bits per heavy atom. The van der Waals surface area contributed by atoms with Crippen LogP contribution in [0.15, 0.2) is 18.5 Å². The molecule has 0 fully saturated rings. The molecule has 1 heterocycles. The van der Waals surface area contributed by atoms with Crippen molar-refractivity contribution in [1.29, 1.82) is 0 Å². The highest BCUT2D eigenvalue weighted by Gasteiger charge is 1.98. The lowest BCUT2D eigenvalue weighted by atomic mass is 10.2. The summed E-state index contributed by atoms with van der Waals surface area (Å²) in [5.74, 6) is -0.228. The van der Waals surface area contributed by atoms with Crippen molar-refractivity contribution < 1.29 is 9.53 Å². The molecule has 4 heteroatoms. The predicted octanol–water partition coefficient (Wildman–Crippen LogP) is 0.320. The molecule has 0 atom stereocenters. The number of aromatic amines is 1. The minimum Gasteiger partial charge on any atom is -0.468 e. The van der Waals surface area contributed by atoms with Gasteiger partial charge in [-0.2, -0.15) is 0 Å². The first kappa shape index (κ1) is 9.80. The zero-order valence-corrected chi connectivity index (χ0v) is 7.67. The molecule has 1 aromatic rings. The minimum atomic E-state index is -0.228. The van der Waals surface area contributed by atoms with Crippen molar-refractivity contribution in [3.8, 4) is 0 Å². The third-order valence-corrected chi connectivity index (χ3v) is 1.75. The van der Waals surface area contributed by atoms with Crippen molar-refractivity contribution in [3.63, 3.8) is 0 Å². The van der Waals surface area contributed by atoms with E-state index in [-0.39, 0.29) is 12.5 Å². The summed E-state index contributed by atoms with van der Waals surface area (Å²) in [6.07, 6.45) is 4.75. The number of nitrogens with one attached hydrogen (secondary N) is 2. The zero-order valence-electron chi connectivity index (χ0n) is 7.67. The Hall–Kier alpha value is -1.29. The Kier molecular flexibility index (Phi) is 4.05. The number of methoxy groups -OCH3 is 1. The van der Waals surface area contributed by atoms with Gasteiger partial charge in [-0.25, -0.2) is 0 Å². The van der Waals surface area contributed by atoms with Crippen LogP contribution in [0, 0.1) is 0 Å². The number of hydrogen-bond acceptors (Lipinski definition) is 3. The lowest BCUT2D eigenvalue weighted by Crippen LogP contribution is -2.25. The molecule has 0 aliphatic rings. The highest BCUT2D eigenvalue weighted by molar-refractivity contribution is 5.71. The van der Waals surface area contributed by atoms with Gasteiger partial charge >= 0.3 is 5.97 Å². The van der Waals surface area contributed by atoms with Gasteiger partial charge in [-0.3, -0.25) is 4.79 Å². The van der Waals surface area contributed by atoms with E-state index in [9.17, 15) is 4.79 Å². The second kappa shape index (κ2) is 5.37. The van der Waals surface area contributed by atoms with Crippen LogP contribution in [-0.2, 0) is 16.0 Å². The van der Waals surface area contributed by atoms with E-state index in [0.717, 1.165) is 13.0 Å². The standard InChI is InChI=1S/C9H14N2O2/c1-13-9(12)7-11-5-3-8-2-4-10-6-8/h2,4,6,10-11H,3,5,7H2,1H3. The van der Waals surface area contributed by atoms with Crippen molar-refractivity contribution in [2.75, 3.05) is 20.2 Å². The highest BCUT2D eigenvalue weighted by Crippen LogP contribution is 1.95. The van der Waals surface area contributed by atoms with Crippen molar-refractivity contribution >= 4 is 5.97 Å². The first-order valence-corrected chi connectivity index (χ1v) is 4.22. The minimum absolute atomic E-state index is 0.228. The van der Waals surface area contributed by atoms with E-state index in [4.69, 9.17) is 0 Å². The van der Waals surface area contributed by atoms with Crippen LogP contribution >= 0.6 is 0 Å². The van der Waals surface area contributed by atoms with E-state index in [0.29, 0.717) is 0 Å². The molecule has 4 nitrogen and oxygen atoms in total. The monoisotopic (exact) mass is 182 g/mol. The fraction of sp³-hybridized carbons (Fsp3) is 0.444. The van der Waals surface area contributed by atoms with Crippen LogP contribution in [0.2, 0.25) is 0 Å². The normalized spacial score (nSPS) is 9.92. The van der Waals surface area contributed by atoms with Gasteiger partial charge in [-0.05, 0) is 24.6 Å². The molecule has 0 aromatic carbocycles. The number of H-pyrrole nitrogens is 1. The summed E-state index contributed by atoms with van der Waals surface area (Å²) in [4.78, 5) is 13.7. The van der Waals surface area contributed by atoms with Crippen LogP contribution < -0.4 is 5.32 Å². The van der Waals surface area contributed by atoms with E-state index in [1.165, 1.54) is 12.7 Å². The van der Waals surface area contributed by atoms with Crippen molar-refractivity contribution in [2.45, 2.75) is 6.42 Å². The highest BCUT2D eigenvalue weighted by atomic mass is 16.5. The van der Waals surface area contributed by atoms with Gasteiger partial charge in [0.25, 0.3) is 0 Å². The summed E-state index contributed by atoms with van der Waals surface area (Å²) in [6.45, 7) is 1.06. The van der Waals surface area contributed by atoms with Crippen LogP contribution in [-0.4, -0.2) is 31.2 Å². The summed E-state index contributed by atoms with van der Waals surface area (Å²) in [6, 6.07) is 2.01. The lowest BCUT2D eigenvalue weighted by Gasteiger charge is -2.01. The SMILES string of the molecule is COC(=O)CNCCc1cc[nH]c1. The second-order valence-electron chi connectivity index (χ2n) is 2.72. The van der Waals surface area contributed by atoms with Crippen LogP contribution in [0.4, 0.5) is 0 Å². The Balaban J connectivity index is 2.05. The van der Waals surface area contributed by atoms with Crippen LogP contribution in [0.5, 0.6) is 0 Å². The summed E-state index contributed by atoms with van der Waals surface area (Å²) in [7, 11) is 1.39. The van der Waals surface area contributed by atoms with Crippen molar-refractivity contribution in [3.05, 3.63) is 24.0 Å². The van der Waals surface area contributed by atoms with Crippen molar-refractivity contribution in [2.24, 2.45) is 0 Å².